The monoisotopic (exact) mass is 268 g/mol. The number of rotatable bonds is 2. The molecule has 0 saturated heterocycles. The number of aromatic nitrogens is 1. The predicted octanol–water partition coefficient (Wildman–Crippen LogP) is 4.42. The normalized spacial score (nSPS) is 11.6. The van der Waals surface area contributed by atoms with Crippen LogP contribution in [0.4, 0.5) is 0 Å². The molecule has 1 aromatic carbocycles. The smallest absolute Gasteiger partial charge is 0.135 e. The summed E-state index contributed by atoms with van der Waals surface area (Å²) >= 11 is 3.17. The summed E-state index contributed by atoms with van der Waals surface area (Å²) in [5.74, 6) is 0. The minimum atomic E-state index is 0.620. The van der Waals surface area contributed by atoms with Crippen LogP contribution in [0.5, 0.6) is 0 Å². The molecule has 0 radical (unpaired) electrons. The van der Waals surface area contributed by atoms with Gasteiger partial charge in [0.05, 0.1) is 15.8 Å². The second-order valence-corrected chi connectivity index (χ2v) is 5.52. The molecule has 0 atom stereocenters. The molecule has 18 heavy (non-hydrogen) atoms. The highest BCUT2D eigenvalue weighted by molar-refractivity contribution is 7.19. The van der Waals surface area contributed by atoms with E-state index in [9.17, 15) is 5.26 Å². The Morgan fingerprint density at radius 2 is 2.17 bits per heavy atom. The average molecular weight is 268 g/mol. The van der Waals surface area contributed by atoms with E-state index < -0.39 is 0 Å². The Morgan fingerprint density at radius 3 is 2.89 bits per heavy atom. The Hall–Kier alpha value is -1.96. The van der Waals surface area contributed by atoms with E-state index in [2.05, 4.69) is 11.1 Å². The molecule has 0 aliphatic rings. The van der Waals surface area contributed by atoms with Crippen LogP contribution in [-0.2, 0) is 0 Å². The van der Waals surface area contributed by atoms with Gasteiger partial charge in [0.1, 0.15) is 11.1 Å². The van der Waals surface area contributed by atoms with Crippen molar-refractivity contribution in [1.82, 2.24) is 4.98 Å². The number of hydrogen-bond donors (Lipinski definition) is 0. The zero-order chi connectivity index (χ0) is 12.4. The quantitative estimate of drug-likeness (QED) is 0.645. The number of thiazole rings is 1. The molecular weight excluding hydrogens is 260 g/mol. The lowest BCUT2D eigenvalue weighted by Gasteiger charge is -1.90. The highest BCUT2D eigenvalue weighted by Crippen LogP contribution is 2.28. The van der Waals surface area contributed by atoms with Gasteiger partial charge in [-0.05, 0) is 40.6 Å². The third kappa shape index (κ3) is 2.06. The Labute approximate surface area is 112 Å². The van der Waals surface area contributed by atoms with Gasteiger partial charge in [0, 0.05) is 0 Å². The first-order chi connectivity index (χ1) is 8.86. The van der Waals surface area contributed by atoms with E-state index in [0.29, 0.717) is 5.57 Å². The van der Waals surface area contributed by atoms with E-state index in [1.807, 2.05) is 47.2 Å². The lowest BCUT2D eigenvalue weighted by molar-refractivity contribution is 1.44. The van der Waals surface area contributed by atoms with Gasteiger partial charge in [0.2, 0.25) is 0 Å². The summed E-state index contributed by atoms with van der Waals surface area (Å²) in [5, 5.41) is 14.1. The molecule has 86 valence electrons. The van der Waals surface area contributed by atoms with Gasteiger partial charge >= 0.3 is 0 Å². The Balaban J connectivity index is 2.09. The lowest BCUT2D eigenvalue weighted by Crippen LogP contribution is -1.78. The van der Waals surface area contributed by atoms with E-state index in [-0.39, 0.29) is 0 Å². The molecule has 3 aromatic rings. The highest BCUT2D eigenvalue weighted by Gasteiger charge is 2.08. The SMILES string of the molecule is N#C/C(=C\c1ccsc1)c1nc2ccccc2s1. The lowest BCUT2D eigenvalue weighted by atomic mass is 10.2. The van der Waals surface area contributed by atoms with Gasteiger partial charge in [0.25, 0.3) is 0 Å². The summed E-state index contributed by atoms with van der Waals surface area (Å²) in [6.45, 7) is 0. The van der Waals surface area contributed by atoms with Gasteiger partial charge in [-0.15, -0.1) is 11.3 Å². The molecule has 2 nitrogen and oxygen atoms in total. The number of fused-ring (bicyclic) bond motifs is 1. The molecule has 0 unspecified atom stereocenters. The van der Waals surface area contributed by atoms with Crippen molar-refractivity contribution in [3.63, 3.8) is 0 Å². The van der Waals surface area contributed by atoms with Crippen LogP contribution in [-0.4, -0.2) is 4.98 Å². The Bertz CT molecular complexity index is 713. The summed E-state index contributed by atoms with van der Waals surface area (Å²) in [7, 11) is 0. The zero-order valence-corrected chi connectivity index (χ0v) is 11.0. The third-order valence-corrected chi connectivity index (χ3v) is 4.27. The minimum Gasteiger partial charge on any atom is -0.235 e. The minimum absolute atomic E-state index is 0.620. The molecule has 3 rings (SSSR count). The standard InChI is InChI=1S/C14H8N2S2/c15-8-11(7-10-5-6-17-9-10)14-16-12-3-1-2-4-13(12)18-14/h1-7,9H/b11-7+. The van der Waals surface area contributed by atoms with Crippen molar-refractivity contribution < 1.29 is 0 Å². The molecule has 4 heteroatoms. The molecule has 0 fully saturated rings. The molecule has 0 N–H and O–H groups in total. The molecule has 2 heterocycles. The fourth-order valence-electron chi connectivity index (χ4n) is 1.65. The van der Waals surface area contributed by atoms with Gasteiger partial charge < -0.3 is 0 Å². The van der Waals surface area contributed by atoms with Crippen molar-refractivity contribution >= 4 is 44.5 Å². The summed E-state index contributed by atoms with van der Waals surface area (Å²) in [5.41, 5.74) is 2.62. The van der Waals surface area contributed by atoms with Crippen LogP contribution < -0.4 is 0 Å². The number of para-hydroxylation sites is 1. The van der Waals surface area contributed by atoms with E-state index in [1.165, 1.54) is 0 Å². The molecule has 0 amide bonds. The number of allylic oxidation sites excluding steroid dienone is 1. The highest BCUT2D eigenvalue weighted by atomic mass is 32.1. The van der Waals surface area contributed by atoms with E-state index in [0.717, 1.165) is 20.8 Å². The molecule has 0 aliphatic heterocycles. The summed E-state index contributed by atoms with van der Waals surface area (Å²) < 4.78 is 1.11. The van der Waals surface area contributed by atoms with Crippen molar-refractivity contribution in [2.45, 2.75) is 0 Å². The number of benzene rings is 1. The fraction of sp³-hybridized carbons (Fsp3) is 0. The van der Waals surface area contributed by atoms with E-state index in [4.69, 9.17) is 0 Å². The fourth-order valence-corrected chi connectivity index (χ4v) is 3.20. The van der Waals surface area contributed by atoms with Crippen LogP contribution in [0.25, 0.3) is 21.9 Å². The Kier molecular flexibility index (Phi) is 2.93. The Morgan fingerprint density at radius 1 is 1.28 bits per heavy atom. The average Bonchev–Trinajstić information content (AvgIpc) is 3.04. The first-order valence-electron chi connectivity index (χ1n) is 5.37. The van der Waals surface area contributed by atoms with Crippen molar-refractivity contribution in [3.8, 4) is 6.07 Å². The largest absolute Gasteiger partial charge is 0.235 e. The zero-order valence-electron chi connectivity index (χ0n) is 9.33. The van der Waals surface area contributed by atoms with Crippen LogP contribution >= 0.6 is 22.7 Å². The summed E-state index contributed by atoms with van der Waals surface area (Å²) in [6.07, 6.45) is 1.88. The van der Waals surface area contributed by atoms with E-state index >= 15 is 0 Å². The van der Waals surface area contributed by atoms with Crippen LogP contribution in [0.1, 0.15) is 10.6 Å². The van der Waals surface area contributed by atoms with Crippen LogP contribution in [0.3, 0.4) is 0 Å². The summed E-state index contributed by atoms with van der Waals surface area (Å²) in [6, 6.07) is 12.2. The number of hydrogen-bond acceptors (Lipinski definition) is 4. The summed E-state index contributed by atoms with van der Waals surface area (Å²) in [4.78, 5) is 4.50. The maximum Gasteiger partial charge on any atom is 0.135 e. The van der Waals surface area contributed by atoms with Crippen molar-refractivity contribution in [1.29, 1.82) is 5.26 Å². The first kappa shape index (κ1) is 11.1. The molecular formula is C14H8N2S2. The first-order valence-corrected chi connectivity index (χ1v) is 7.13. The molecule has 0 bridgehead atoms. The molecule has 2 aromatic heterocycles. The number of thiophene rings is 1. The number of nitriles is 1. The molecule has 0 saturated carbocycles. The second kappa shape index (κ2) is 4.73. The van der Waals surface area contributed by atoms with Gasteiger partial charge in [-0.2, -0.15) is 16.6 Å². The molecule has 0 spiro atoms. The van der Waals surface area contributed by atoms with Crippen LogP contribution in [0.15, 0.2) is 41.1 Å². The second-order valence-electron chi connectivity index (χ2n) is 3.71. The predicted molar refractivity (Wildman–Crippen MR) is 77.4 cm³/mol. The van der Waals surface area contributed by atoms with Gasteiger partial charge in [-0.3, -0.25) is 0 Å². The number of nitrogens with zero attached hydrogens (tertiary/aromatic N) is 2. The third-order valence-electron chi connectivity index (χ3n) is 2.50. The maximum absolute atomic E-state index is 9.26. The van der Waals surface area contributed by atoms with Gasteiger partial charge in [0.15, 0.2) is 0 Å². The topological polar surface area (TPSA) is 36.7 Å². The van der Waals surface area contributed by atoms with Crippen molar-refractivity contribution in [3.05, 3.63) is 51.7 Å². The van der Waals surface area contributed by atoms with Crippen molar-refractivity contribution in [2.75, 3.05) is 0 Å². The van der Waals surface area contributed by atoms with Crippen LogP contribution in [0, 0.1) is 11.3 Å². The van der Waals surface area contributed by atoms with E-state index in [1.54, 1.807) is 22.7 Å². The van der Waals surface area contributed by atoms with Crippen molar-refractivity contribution in [2.24, 2.45) is 0 Å². The van der Waals surface area contributed by atoms with Crippen LogP contribution in [0.2, 0.25) is 0 Å². The van der Waals surface area contributed by atoms with Gasteiger partial charge in [-0.1, -0.05) is 12.1 Å². The maximum atomic E-state index is 9.26. The molecule has 0 aliphatic carbocycles. The van der Waals surface area contributed by atoms with Gasteiger partial charge in [-0.25, -0.2) is 4.98 Å².